The fourth-order valence-corrected chi connectivity index (χ4v) is 3.63. The third-order valence-corrected chi connectivity index (χ3v) is 5.21. The van der Waals surface area contributed by atoms with E-state index in [0.717, 1.165) is 10.1 Å². The van der Waals surface area contributed by atoms with Crippen molar-refractivity contribution in [2.75, 3.05) is 11.9 Å². The van der Waals surface area contributed by atoms with E-state index >= 15 is 0 Å². The second-order valence-corrected chi connectivity index (χ2v) is 7.44. The number of para-hydroxylation sites is 2. The zero-order valence-electron chi connectivity index (χ0n) is 18.5. The van der Waals surface area contributed by atoms with Gasteiger partial charge in [0, 0.05) is 12.7 Å². The summed E-state index contributed by atoms with van der Waals surface area (Å²) in [6, 6.07) is 16.3. The average molecular weight is 447 g/mol. The number of fused-ring (bicyclic) bond motifs is 1. The molecule has 1 N–H and O–H groups in total. The van der Waals surface area contributed by atoms with E-state index in [-0.39, 0.29) is 18.6 Å². The Bertz CT molecular complexity index is 1400. The lowest BCUT2D eigenvalue weighted by Crippen LogP contribution is -2.41. The third-order valence-electron chi connectivity index (χ3n) is 5.21. The first kappa shape index (κ1) is 22.1. The van der Waals surface area contributed by atoms with E-state index < -0.39 is 17.2 Å². The molecule has 0 aliphatic heterocycles. The van der Waals surface area contributed by atoms with Gasteiger partial charge in [-0.05, 0) is 31.5 Å². The van der Waals surface area contributed by atoms with Crippen molar-refractivity contribution in [3.8, 4) is 5.75 Å². The molecule has 0 unspecified atom stereocenters. The summed E-state index contributed by atoms with van der Waals surface area (Å²) >= 11 is 0. The second-order valence-electron chi connectivity index (χ2n) is 7.44. The maximum atomic E-state index is 13.3. The maximum Gasteiger partial charge on any atom is 0.332 e. The Morgan fingerprint density at radius 1 is 1.00 bits per heavy atom. The van der Waals surface area contributed by atoms with E-state index in [2.05, 4.69) is 10.4 Å². The maximum absolute atomic E-state index is 13.3. The summed E-state index contributed by atoms with van der Waals surface area (Å²) in [6.45, 7) is 4.52. The predicted molar refractivity (Wildman–Crippen MR) is 126 cm³/mol. The molecule has 4 rings (SSSR count). The molecule has 170 valence electrons. The summed E-state index contributed by atoms with van der Waals surface area (Å²) in [5.41, 5.74) is 0.729. The number of nitrogens with one attached hydrogen (secondary N) is 1. The number of amides is 1. The molecule has 0 radical (unpaired) electrons. The van der Waals surface area contributed by atoms with Crippen LogP contribution in [0.15, 0.2) is 70.4 Å². The van der Waals surface area contributed by atoms with Gasteiger partial charge < -0.3 is 10.1 Å². The minimum absolute atomic E-state index is 0.0855. The van der Waals surface area contributed by atoms with Gasteiger partial charge in [-0.3, -0.25) is 23.4 Å². The zero-order valence-corrected chi connectivity index (χ0v) is 18.5. The second kappa shape index (κ2) is 9.56. The number of nitrogens with zero attached hydrogens (tertiary/aromatic N) is 4. The van der Waals surface area contributed by atoms with Gasteiger partial charge in [-0.25, -0.2) is 4.79 Å². The Kier molecular flexibility index (Phi) is 6.39. The molecular weight excluding hydrogens is 422 g/mol. The van der Waals surface area contributed by atoms with Crippen LogP contribution in [-0.2, 0) is 24.4 Å². The Morgan fingerprint density at radius 3 is 2.45 bits per heavy atom. The number of ether oxygens (including phenoxy) is 1. The fraction of sp³-hybridized carbons (Fsp3) is 0.250. The highest BCUT2D eigenvalue weighted by Crippen LogP contribution is 2.23. The molecule has 2 aromatic carbocycles. The van der Waals surface area contributed by atoms with Crippen molar-refractivity contribution in [3.05, 3.63) is 87.2 Å². The molecule has 0 saturated carbocycles. The predicted octanol–water partition coefficient (Wildman–Crippen LogP) is 2.47. The Labute approximate surface area is 189 Å². The van der Waals surface area contributed by atoms with Gasteiger partial charge in [0.25, 0.3) is 5.56 Å². The topological polar surface area (TPSA) is 100 Å². The van der Waals surface area contributed by atoms with Gasteiger partial charge in [0.15, 0.2) is 5.52 Å². The summed E-state index contributed by atoms with van der Waals surface area (Å²) < 4.78 is 9.55. The average Bonchev–Trinajstić information content (AvgIpc) is 3.26. The number of benzene rings is 2. The third kappa shape index (κ3) is 4.57. The van der Waals surface area contributed by atoms with Gasteiger partial charge in [-0.2, -0.15) is 5.10 Å². The molecule has 4 aromatic rings. The highest BCUT2D eigenvalue weighted by atomic mass is 16.5. The number of anilines is 1. The summed E-state index contributed by atoms with van der Waals surface area (Å²) in [7, 11) is 0. The van der Waals surface area contributed by atoms with E-state index in [9.17, 15) is 14.4 Å². The molecule has 0 fully saturated rings. The lowest BCUT2D eigenvalue weighted by Gasteiger charge is -2.14. The summed E-state index contributed by atoms with van der Waals surface area (Å²) in [5.74, 6) is 0.124. The van der Waals surface area contributed by atoms with Crippen molar-refractivity contribution in [2.24, 2.45) is 0 Å². The van der Waals surface area contributed by atoms with Crippen LogP contribution in [0.25, 0.3) is 11.0 Å². The van der Waals surface area contributed by atoms with Gasteiger partial charge in [0.2, 0.25) is 5.91 Å². The van der Waals surface area contributed by atoms with Gasteiger partial charge in [-0.1, -0.05) is 42.5 Å². The molecular formula is C24H25N5O4. The van der Waals surface area contributed by atoms with Gasteiger partial charge in [0.1, 0.15) is 12.3 Å². The molecule has 2 heterocycles. The summed E-state index contributed by atoms with van der Waals surface area (Å²) in [6.07, 6.45) is 1.62. The molecule has 9 heteroatoms. The molecule has 2 aromatic heterocycles. The van der Waals surface area contributed by atoms with Crippen LogP contribution in [-0.4, -0.2) is 31.4 Å². The number of hydrogen-bond acceptors (Lipinski definition) is 5. The summed E-state index contributed by atoms with van der Waals surface area (Å²) in [5, 5.41) is 7.14. The number of aromatic nitrogens is 4. The van der Waals surface area contributed by atoms with E-state index in [1.54, 1.807) is 29.1 Å². The van der Waals surface area contributed by atoms with Crippen LogP contribution in [0.2, 0.25) is 0 Å². The van der Waals surface area contributed by atoms with Crippen LogP contribution in [0.1, 0.15) is 19.4 Å². The summed E-state index contributed by atoms with van der Waals surface area (Å²) in [4.78, 5) is 39.4. The molecule has 9 nitrogen and oxygen atoms in total. The lowest BCUT2D eigenvalue weighted by atomic mass is 10.2. The molecule has 1 amide bonds. The molecule has 0 aliphatic rings. The lowest BCUT2D eigenvalue weighted by molar-refractivity contribution is -0.116. The van der Waals surface area contributed by atoms with E-state index in [0.29, 0.717) is 30.1 Å². The number of carbonyl (C=O) groups is 1. The largest absolute Gasteiger partial charge is 0.492 e. The van der Waals surface area contributed by atoms with E-state index in [1.807, 2.05) is 50.2 Å². The fourth-order valence-electron chi connectivity index (χ4n) is 3.63. The molecule has 0 atom stereocenters. The Balaban J connectivity index is 1.75. The minimum atomic E-state index is -0.569. The van der Waals surface area contributed by atoms with E-state index in [4.69, 9.17) is 4.74 Å². The van der Waals surface area contributed by atoms with Crippen molar-refractivity contribution in [1.29, 1.82) is 0 Å². The minimum Gasteiger partial charge on any atom is -0.492 e. The number of rotatable bonds is 8. The van der Waals surface area contributed by atoms with Crippen molar-refractivity contribution < 1.29 is 9.53 Å². The normalized spacial score (nSPS) is 11.0. The number of hydrogen-bond donors (Lipinski definition) is 1. The van der Waals surface area contributed by atoms with Crippen molar-refractivity contribution in [1.82, 2.24) is 18.9 Å². The molecule has 33 heavy (non-hydrogen) atoms. The molecule has 0 bridgehead atoms. The van der Waals surface area contributed by atoms with Crippen molar-refractivity contribution >= 4 is 22.6 Å². The van der Waals surface area contributed by atoms with Crippen LogP contribution in [0.4, 0.5) is 5.69 Å². The van der Waals surface area contributed by atoms with Gasteiger partial charge in [-0.15, -0.1) is 0 Å². The SMILES string of the molecule is CCOc1ccccc1NC(=O)Cn1c(=O)n(Cc2ccccc2)c(=O)c2nn(CC)cc21. The van der Waals surface area contributed by atoms with Crippen molar-refractivity contribution in [2.45, 2.75) is 33.5 Å². The Morgan fingerprint density at radius 2 is 1.73 bits per heavy atom. The molecule has 0 aliphatic carbocycles. The van der Waals surface area contributed by atoms with Crippen LogP contribution in [0, 0.1) is 0 Å². The first-order chi connectivity index (χ1) is 16.0. The smallest absolute Gasteiger partial charge is 0.332 e. The number of aryl methyl sites for hydroxylation is 1. The van der Waals surface area contributed by atoms with Crippen LogP contribution in [0.5, 0.6) is 5.75 Å². The zero-order chi connectivity index (χ0) is 23.4. The standard InChI is InChI=1S/C24H25N5O4/c1-3-27-15-19-22(26-27)23(31)29(14-17-10-6-5-7-11-17)24(32)28(19)16-21(30)25-18-12-8-9-13-20(18)33-4-2/h5-13,15H,3-4,14,16H2,1-2H3,(H,25,30). The molecule has 0 spiro atoms. The van der Waals surface area contributed by atoms with Crippen LogP contribution in [0.3, 0.4) is 0 Å². The monoisotopic (exact) mass is 447 g/mol. The quantitative estimate of drug-likeness (QED) is 0.447. The van der Waals surface area contributed by atoms with Crippen molar-refractivity contribution in [3.63, 3.8) is 0 Å². The van der Waals surface area contributed by atoms with Crippen LogP contribution >= 0.6 is 0 Å². The van der Waals surface area contributed by atoms with Crippen LogP contribution < -0.4 is 21.3 Å². The van der Waals surface area contributed by atoms with Gasteiger partial charge in [0.05, 0.1) is 24.4 Å². The van der Waals surface area contributed by atoms with E-state index in [1.165, 1.54) is 4.57 Å². The number of carbonyl (C=O) groups excluding carboxylic acids is 1. The molecule has 0 saturated heterocycles. The highest BCUT2D eigenvalue weighted by Gasteiger charge is 2.19. The highest BCUT2D eigenvalue weighted by molar-refractivity contribution is 5.92. The Hall–Kier alpha value is -4.14. The van der Waals surface area contributed by atoms with Gasteiger partial charge >= 0.3 is 5.69 Å². The first-order valence-corrected chi connectivity index (χ1v) is 10.8. The first-order valence-electron chi connectivity index (χ1n) is 10.8.